The van der Waals surface area contributed by atoms with E-state index in [-0.39, 0.29) is 45.8 Å². The zero-order chi connectivity index (χ0) is 30.2. The van der Waals surface area contributed by atoms with Crippen molar-refractivity contribution in [3.8, 4) is 34.1 Å². The molecule has 1 saturated heterocycles. The number of carbonyl (C=O) groups is 1. The van der Waals surface area contributed by atoms with E-state index in [4.69, 9.17) is 26.8 Å². The number of nitrogen functional groups attached to an aromatic ring is 1. The number of methoxy groups -OCH3 is 1. The predicted molar refractivity (Wildman–Crippen MR) is 154 cm³/mol. The summed E-state index contributed by atoms with van der Waals surface area (Å²) in [6.45, 7) is 6.64. The minimum atomic E-state index is -0.760. The summed E-state index contributed by atoms with van der Waals surface area (Å²) in [5, 5.41) is 8.72. The summed E-state index contributed by atoms with van der Waals surface area (Å²) in [5.41, 5.74) is 6.26. The van der Waals surface area contributed by atoms with Gasteiger partial charge in [0, 0.05) is 30.9 Å². The van der Waals surface area contributed by atoms with E-state index < -0.39 is 17.0 Å². The van der Waals surface area contributed by atoms with Gasteiger partial charge in [-0.1, -0.05) is 11.6 Å². The Bertz CT molecular complexity index is 1690. The Morgan fingerprint density at radius 3 is 2.55 bits per heavy atom. The van der Waals surface area contributed by atoms with Gasteiger partial charge in [0.25, 0.3) is 5.56 Å². The van der Waals surface area contributed by atoms with Crippen molar-refractivity contribution in [3.05, 3.63) is 64.0 Å². The number of nitrogens with zero attached hydrogens (tertiary/aromatic N) is 7. The van der Waals surface area contributed by atoms with Crippen LogP contribution in [0.3, 0.4) is 0 Å². The smallest absolute Gasteiger partial charge is 0.410 e. The fraction of sp³-hybridized carbons (Fsp3) is 0.357. The number of amides is 1. The van der Waals surface area contributed by atoms with Crippen LogP contribution in [0.4, 0.5) is 15.0 Å². The highest BCUT2D eigenvalue weighted by Gasteiger charge is 2.28. The number of aromatic nitrogens is 6. The predicted octanol–water partition coefficient (Wildman–Crippen LogP) is 4.51. The third kappa shape index (κ3) is 5.91. The molecule has 0 aliphatic carbocycles. The maximum Gasteiger partial charge on any atom is 0.410 e. The van der Waals surface area contributed by atoms with Crippen LogP contribution in [-0.2, 0) is 4.74 Å². The molecule has 1 aliphatic rings. The van der Waals surface area contributed by atoms with E-state index >= 15 is 0 Å². The highest BCUT2D eigenvalue weighted by atomic mass is 35.5. The largest absolute Gasteiger partial charge is 0.495 e. The second-order valence-electron chi connectivity index (χ2n) is 10.8. The van der Waals surface area contributed by atoms with Crippen LogP contribution in [0.5, 0.6) is 5.75 Å². The lowest BCUT2D eigenvalue weighted by molar-refractivity contribution is 0.0185. The second kappa shape index (κ2) is 11.4. The molecule has 1 aliphatic heterocycles. The second-order valence-corrected chi connectivity index (χ2v) is 11.2. The van der Waals surface area contributed by atoms with Crippen LogP contribution in [0, 0.1) is 5.82 Å². The molecule has 0 unspecified atom stereocenters. The number of hydrogen-bond donors (Lipinski definition) is 1. The number of piperidine rings is 1. The maximum atomic E-state index is 14.8. The first kappa shape index (κ1) is 29.0. The first-order valence-electron chi connectivity index (χ1n) is 13.2. The van der Waals surface area contributed by atoms with Crippen molar-refractivity contribution < 1.29 is 18.7 Å². The molecule has 3 aromatic heterocycles. The molecule has 14 heteroatoms. The van der Waals surface area contributed by atoms with Crippen LogP contribution in [0.15, 0.2) is 47.7 Å². The monoisotopic (exact) mass is 596 g/mol. The van der Waals surface area contributed by atoms with Gasteiger partial charge in [0.1, 0.15) is 33.4 Å². The van der Waals surface area contributed by atoms with E-state index in [9.17, 15) is 14.0 Å². The number of ether oxygens (including phenoxy) is 2. The number of anilines is 1. The summed E-state index contributed by atoms with van der Waals surface area (Å²) in [6, 6.07) is 5.22. The first-order valence-corrected chi connectivity index (χ1v) is 13.6. The van der Waals surface area contributed by atoms with Crippen LogP contribution in [-0.4, -0.2) is 66.3 Å². The Hall–Kier alpha value is -4.52. The van der Waals surface area contributed by atoms with E-state index in [1.807, 2.05) is 31.6 Å². The molecule has 220 valence electrons. The number of hydrogen-bond acceptors (Lipinski definition) is 9. The summed E-state index contributed by atoms with van der Waals surface area (Å²) in [6.07, 6.45) is 6.16. The van der Waals surface area contributed by atoms with E-state index in [0.29, 0.717) is 37.2 Å². The van der Waals surface area contributed by atoms with Gasteiger partial charge >= 0.3 is 6.09 Å². The molecule has 0 bridgehead atoms. The molecule has 4 heterocycles. The molecule has 5 rings (SSSR count). The SMILES string of the molecule is COc1ccc(F)c(-n2nc(-c3nc(-c4cnn(C5CCN(C(=O)OC(C)(C)C)CC5)c4)cnc3N)ccc2=O)c1Cl. The standard InChI is InChI=1S/C28H30ClFN8O4/c1-28(2,3)42-27(40)36-11-9-17(10-12-36)37-15-16(13-33-37)20-14-32-26(31)24(34-20)19-6-8-22(39)38(35-19)25-18(30)5-7-21(41-4)23(25)29/h5-8,13-15,17H,9-12H2,1-4H3,(H2,31,32). The zero-order valence-corrected chi connectivity index (χ0v) is 24.3. The fourth-order valence-corrected chi connectivity index (χ4v) is 4.92. The number of carbonyl (C=O) groups excluding carboxylic acids is 1. The average Bonchev–Trinajstić information content (AvgIpc) is 3.44. The van der Waals surface area contributed by atoms with Gasteiger partial charge in [-0.2, -0.15) is 14.9 Å². The lowest BCUT2D eigenvalue weighted by Crippen LogP contribution is -2.42. The quantitative estimate of drug-likeness (QED) is 0.352. The minimum absolute atomic E-state index is 0.0653. The van der Waals surface area contributed by atoms with Crippen LogP contribution in [0.25, 0.3) is 28.3 Å². The van der Waals surface area contributed by atoms with E-state index in [0.717, 1.165) is 10.7 Å². The Balaban J connectivity index is 1.39. The molecule has 0 saturated carbocycles. The molecule has 1 aromatic carbocycles. The number of benzene rings is 1. The van der Waals surface area contributed by atoms with Crippen molar-refractivity contribution in [1.29, 1.82) is 0 Å². The van der Waals surface area contributed by atoms with Crippen LogP contribution >= 0.6 is 11.6 Å². The van der Waals surface area contributed by atoms with E-state index in [2.05, 4.69) is 20.2 Å². The lowest BCUT2D eigenvalue weighted by atomic mass is 10.1. The van der Waals surface area contributed by atoms with Crippen molar-refractivity contribution in [2.24, 2.45) is 0 Å². The molecule has 2 N–H and O–H groups in total. The van der Waals surface area contributed by atoms with Crippen molar-refractivity contribution in [2.45, 2.75) is 45.3 Å². The maximum absolute atomic E-state index is 14.8. The Labute approximate surface area is 245 Å². The number of likely N-dealkylation sites (tertiary alicyclic amines) is 1. The molecular weight excluding hydrogens is 567 g/mol. The van der Waals surface area contributed by atoms with Crippen molar-refractivity contribution in [1.82, 2.24) is 34.4 Å². The molecule has 42 heavy (non-hydrogen) atoms. The zero-order valence-electron chi connectivity index (χ0n) is 23.5. The third-order valence-corrected chi connectivity index (χ3v) is 7.06. The van der Waals surface area contributed by atoms with Crippen molar-refractivity contribution in [3.63, 3.8) is 0 Å². The summed E-state index contributed by atoms with van der Waals surface area (Å²) in [5.74, 6) is -0.513. The van der Waals surface area contributed by atoms with Crippen LogP contribution in [0.2, 0.25) is 5.02 Å². The average molecular weight is 597 g/mol. The number of halogens is 2. The van der Waals surface area contributed by atoms with Gasteiger partial charge in [0.2, 0.25) is 0 Å². The van der Waals surface area contributed by atoms with Gasteiger partial charge in [0.05, 0.1) is 31.2 Å². The highest BCUT2D eigenvalue weighted by molar-refractivity contribution is 6.33. The lowest BCUT2D eigenvalue weighted by Gasteiger charge is -2.33. The summed E-state index contributed by atoms with van der Waals surface area (Å²) < 4.78 is 28.1. The molecule has 0 radical (unpaired) electrons. The first-order chi connectivity index (χ1) is 19.9. The Morgan fingerprint density at radius 1 is 1.12 bits per heavy atom. The minimum Gasteiger partial charge on any atom is -0.495 e. The van der Waals surface area contributed by atoms with Gasteiger partial charge in [-0.15, -0.1) is 0 Å². The van der Waals surface area contributed by atoms with Crippen molar-refractivity contribution in [2.75, 3.05) is 25.9 Å². The Morgan fingerprint density at radius 2 is 1.86 bits per heavy atom. The molecule has 0 spiro atoms. The summed E-state index contributed by atoms with van der Waals surface area (Å²) in [7, 11) is 1.38. The van der Waals surface area contributed by atoms with E-state index in [1.54, 1.807) is 11.1 Å². The summed E-state index contributed by atoms with van der Waals surface area (Å²) >= 11 is 6.32. The number of nitrogens with two attached hydrogens (primary N) is 1. The van der Waals surface area contributed by atoms with Gasteiger partial charge in [-0.3, -0.25) is 9.48 Å². The topological polar surface area (TPSA) is 143 Å². The molecule has 1 fully saturated rings. The molecular formula is C28H30ClFN8O4. The highest BCUT2D eigenvalue weighted by Crippen LogP contribution is 2.33. The molecule has 0 atom stereocenters. The third-order valence-electron chi connectivity index (χ3n) is 6.69. The van der Waals surface area contributed by atoms with Crippen molar-refractivity contribution >= 4 is 23.5 Å². The molecule has 1 amide bonds. The van der Waals surface area contributed by atoms with E-state index in [1.165, 1.54) is 31.5 Å². The van der Waals surface area contributed by atoms with Gasteiger partial charge in [0.15, 0.2) is 11.6 Å². The number of rotatable bonds is 5. The molecule has 12 nitrogen and oxygen atoms in total. The summed E-state index contributed by atoms with van der Waals surface area (Å²) in [4.78, 5) is 35.7. The van der Waals surface area contributed by atoms with Gasteiger partial charge in [-0.05, 0) is 51.8 Å². The Kier molecular flexibility index (Phi) is 7.87. The fourth-order valence-electron chi connectivity index (χ4n) is 4.61. The van der Waals surface area contributed by atoms with Crippen LogP contribution in [0.1, 0.15) is 39.7 Å². The normalized spacial score (nSPS) is 14.2. The van der Waals surface area contributed by atoms with Gasteiger partial charge < -0.3 is 20.1 Å². The van der Waals surface area contributed by atoms with Crippen LogP contribution < -0.4 is 16.0 Å². The molecule has 4 aromatic rings. The van der Waals surface area contributed by atoms with Gasteiger partial charge in [-0.25, -0.2) is 19.2 Å².